The summed E-state index contributed by atoms with van der Waals surface area (Å²) in [5.41, 5.74) is 4.52. The van der Waals surface area contributed by atoms with Gasteiger partial charge in [0.25, 0.3) is 0 Å². The van der Waals surface area contributed by atoms with Crippen LogP contribution in [0.3, 0.4) is 0 Å². The van der Waals surface area contributed by atoms with Crippen LogP contribution >= 0.6 is 0 Å². The number of nitrogens with two attached hydrogens (primary N) is 1. The number of aromatic nitrogens is 2. The highest BCUT2D eigenvalue weighted by Gasteiger charge is 2.29. The van der Waals surface area contributed by atoms with Gasteiger partial charge in [-0.2, -0.15) is 0 Å². The van der Waals surface area contributed by atoms with Crippen LogP contribution in [-0.4, -0.2) is 9.55 Å². The van der Waals surface area contributed by atoms with Gasteiger partial charge in [0, 0.05) is 37.5 Å². The highest BCUT2D eigenvalue weighted by Crippen LogP contribution is 2.28. The summed E-state index contributed by atoms with van der Waals surface area (Å²) in [6.07, 6.45) is 2.84. The van der Waals surface area contributed by atoms with Crippen molar-refractivity contribution < 1.29 is 22.0 Å². The largest absolute Gasteiger partial charge is 0.338 e. The van der Waals surface area contributed by atoms with Crippen LogP contribution in [-0.2, 0) is 13.5 Å². The molecule has 1 heterocycles. The zero-order valence-electron chi connectivity index (χ0n) is 10.3. The van der Waals surface area contributed by atoms with E-state index < -0.39 is 40.7 Å². The van der Waals surface area contributed by atoms with Gasteiger partial charge in [-0.1, -0.05) is 0 Å². The van der Waals surface area contributed by atoms with Crippen LogP contribution in [0.25, 0.3) is 0 Å². The van der Waals surface area contributed by atoms with Crippen molar-refractivity contribution >= 4 is 0 Å². The second-order valence-corrected chi connectivity index (χ2v) is 4.25. The number of halogens is 5. The smallest absolute Gasteiger partial charge is 0.200 e. The summed E-state index contributed by atoms with van der Waals surface area (Å²) in [5, 5.41) is 0. The molecule has 0 aliphatic heterocycles. The summed E-state index contributed by atoms with van der Waals surface area (Å²) in [6, 6.07) is -1.40. The van der Waals surface area contributed by atoms with Crippen LogP contribution in [0.5, 0.6) is 0 Å². The fourth-order valence-corrected chi connectivity index (χ4v) is 1.84. The Hall–Kier alpha value is -1.96. The van der Waals surface area contributed by atoms with Gasteiger partial charge in [0.1, 0.15) is 5.82 Å². The van der Waals surface area contributed by atoms with E-state index in [9.17, 15) is 22.0 Å². The van der Waals surface area contributed by atoms with Gasteiger partial charge in [-0.25, -0.2) is 26.9 Å². The molecule has 0 aliphatic rings. The molecule has 2 rings (SSSR count). The summed E-state index contributed by atoms with van der Waals surface area (Å²) in [4.78, 5) is 3.88. The molecule has 0 amide bonds. The van der Waals surface area contributed by atoms with Gasteiger partial charge < -0.3 is 10.3 Å². The van der Waals surface area contributed by atoms with Crippen LogP contribution in [0, 0.1) is 29.1 Å². The quantitative estimate of drug-likeness (QED) is 0.536. The number of aryl methyl sites for hydroxylation is 1. The Kier molecular flexibility index (Phi) is 3.76. The van der Waals surface area contributed by atoms with Crippen LogP contribution in [0.2, 0.25) is 0 Å². The average Bonchev–Trinajstić information content (AvgIpc) is 2.80. The topological polar surface area (TPSA) is 43.8 Å². The average molecular weight is 291 g/mol. The first-order chi connectivity index (χ1) is 9.34. The third-order valence-corrected chi connectivity index (χ3v) is 2.94. The Labute approximate surface area is 110 Å². The molecule has 108 valence electrons. The van der Waals surface area contributed by atoms with Crippen molar-refractivity contribution in [3.63, 3.8) is 0 Å². The van der Waals surface area contributed by atoms with Crippen molar-refractivity contribution in [2.75, 3.05) is 0 Å². The molecule has 1 aromatic carbocycles. The Morgan fingerprint density at radius 2 is 1.55 bits per heavy atom. The fraction of sp³-hybridized carbons (Fsp3) is 0.250. The minimum Gasteiger partial charge on any atom is -0.338 e. The maximum atomic E-state index is 13.6. The molecule has 20 heavy (non-hydrogen) atoms. The zero-order chi connectivity index (χ0) is 15.0. The Morgan fingerprint density at radius 1 is 1.05 bits per heavy atom. The number of nitrogens with zero attached hydrogens (tertiary/aromatic N) is 2. The second-order valence-electron chi connectivity index (χ2n) is 4.25. The predicted octanol–water partition coefficient (Wildman–Crippen LogP) is 2.36. The molecule has 0 aliphatic carbocycles. The number of imidazole rings is 1. The fourth-order valence-electron chi connectivity index (χ4n) is 1.84. The van der Waals surface area contributed by atoms with E-state index in [-0.39, 0.29) is 6.42 Å². The van der Waals surface area contributed by atoms with Crippen LogP contribution in [0.15, 0.2) is 12.4 Å². The minimum atomic E-state index is -2.20. The maximum absolute atomic E-state index is 13.6. The van der Waals surface area contributed by atoms with E-state index in [1.807, 2.05) is 0 Å². The van der Waals surface area contributed by atoms with Gasteiger partial charge >= 0.3 is 0 Å². The van der Waals surface area contributed by atoms with Crippen molar-refractivity contribution in [1.82, 2.24) is 9.55 Å². The number of hydrogen-bond donors (Lipinski definition) is 1. The lowest BCUT2D eigenvalue weighted by Crippen LogP contribution is -2.21. The molecule has 0 radical (unpaired) electrons. The van der Waals surface area contributed by atoms with Gasteiger partial charge in [0.2, 0.25) is 5.82 Å². The first-order valence-electron chi connectivity index (χ1n) is 5.57. The summed E-state index contributed by atoms with van der Waals surface area (Å²) in [6.45, 7) is 0. The molecular formula is C12H10F5N3. The molecule has 0 saturated carbocycles. The molecule has 1 atom stereocenters. The minimum absolute atomic E-state index is 0.165. The van der Waals surface area contributed by atoms with Gasteiger partial charge in [0.15, 0.2) is 23.3 Å². The Balaban J connectivity index is 2.45. The normalized spacial score (nSPS) is 12.8. The first kappa shape index (κ1) is 14.4. The molecule has 2 N–H and O–H groups in total. The van der Waals surface area contributed by atoms with Gasteiger partial charge in [-0.15, -0.1) is 0 Å². The summed E-state index contributed by atoms with van der Waals surface area (Å²) >= 11 is 0. The summed E-state index contributed by atoms with van der Waals surface area (Å²) in [7, 11) is 1.62. The lowest BCUT2D eigenvalue weighted by molar-refractivity contribution is 0.363. The highest BCUT2D eigenvalue weighted by atomic mass is 19.2. The Morgan fingerprint density at radius 3 is 2.00 bits per heavy atom. The molecule has 0 saturated heterocycles. The third kappa shape index (κ3) is 2.26. The Bertz CT molecular complexity index is 624. The number of benzene rings is 1. The highest BCUT2D eigenvalue weighted by molar-refractivity contribution is 5.27. The van der Waals surface area contributed by atoms with E-state index in [0.717, 1.165) is 0 Å². The third-order valence-electron chi connectivity index (χ3n) is 2.94. The van der Waals surface area contributed by atoms with Gasteiger partial charge in [-0.05, 0) is 0 Å². The molecule has 8 heteroatoms. The van der Waals surface area contributed by atoms with E-state index in [1.54, 1.807) is 13.2 Å². The van der Waals surface area contributed by atoms with E-state index in [4.69, 9.17) is 5.73 Å². The SMILES string of the molecule is Cn1ccnc1CC(N)c1c(F)c(F)c(F)c(F)c1F. The van der Waals surface area contributed by atoms with Crippen molar-refractivity contribution in [3.05, 3.63) is 52.9 Å². The van der Waals surface area contributed by atoms with Crippen LogP contribution in [0.4, 0.5) is 22.0 Å². The van der Waals surface area contributed by atoms with Crippen molar-refractivity contribution in [1.29, 1.82) is 0 Å². The van der Waals surface area contributed by atoms with E-state index in [0.29, 0.717) is 5.82 Å². The van der Waals surface area contributed by atoms with E-state index >= 15 is 0 Å². The zero-order valence-corrected chi connectivity index (χ0v) is 10.3. The van der Waals surface area contributed by atoms with Crippen LogP contribution in [0.1, 0.15) is 17.4 Å². The molecule has 1 unspecified atom stereocenters. The standard InChI is InChI=1S/C12H10F5N3/c1-20-3-2-19-6(20)4-5(18)7-8(13)10(15)12(17)11(16)9(7)14/h2-3,5H,4,18H2,1H3. The molecular weight excluding hydrogens is 281 g/mol. The van der Waals surface area contributed by atoms with Crippen LogP contribution < -0.4 is 5.73 Å². The van der Waals surface area contributed by atoms with Crippen molar-refractivity contribution in [3.8, 4) is 0 Å². The lowest BCUT2D eigenvalue weighted by Gasteiger charge is -2.15. The lowest BCUT2D eigenvalue weighted by atomic mass is 10.0. The number of rotatable bonds is 3. The van der Waals surface area contributed by atoms with Gasteiger partial charge in [-0.3, -0.25) is 0 Å². The molecule has 3 nitrogen and oxygen atoms in total. The monoisotopic (exact) mass is 291 g/mol. The van der Waals surface area contributed by atoms with Crippen molar-refractivity contribution in [2.24, 2.45) is 12.8 Å². The summed E-state index contributed by atoms with van der Waals surface area (Å²) < 4.78 is 67.7. The molecule has 0 fully saturated rings. The van der Waals surface area contributed by atoms with E-state index in [2.05, 4.69) is 4.98 Å². The maximum Gasteiger partial charge on any atom is 0.200 e. The first-order valence-corrected chi connectivity index (χ1v) is 5.57. The molecule has 0 bridgehead atoms. The van der Waals surface area contributed by atoms with Gasteiger partial charge in [0.05, 0.1) is 0 Å². The molecule has 0 spiro atoms. The molecule has 2 aromatic rings. The second kappa shape index (κ2) is 5.20. The predicted molar refractivity (Wildman–Crippen MR) is 60.1 cm³/mol. The number of hydrogen-bond acceptors (Lipinski definition) is 2. The molecule has 1 aromatic heterocycles. The van der Waals surface area contributed by atoms with E-state index in [1.165, 1.54) is 10.8 Å². The summed E-state index contributed by atoms with van der Waals surface area (Å²) in [5.74, 6) is -9.68. The van der Waals surface area contributed by atoms with Crippen molar-refractivity contribution in [2.45, 2.75) is 12.5 Å².